The normalized spacial score (nSPS) is 10.6. The third-order valence-corrected chi connectivity index (χ3v) is 3.41. The fourth-order valence-electron chi connectivity index (χ4n) is 2.11. The average molecular weight is 338 g/mol. The number of halogens is 2. The predicted molar refractivity (Wildman–Crippen MR) is 82.4 cm³/mol. The number of nitrogens with one attached hydrogen (secondary N) is 1. The van der Waals surface area contributed by atoms with E-state index in [4.69, 9.17) is 4.74 Å². The van der Waals surface area contributed by atoms with Gasteiger partial charge in [0.1, 0.15) is 18.2 Å². The zero-order chi connectivity index (χ0) is 14.5. The summed E-state index contributed by atoms with van der Waals surface area (Å²) in [6.07, 6.45) is 0. The third-order valence-electron chi connectivity index (χ3n) is 2.96. The highest BCUT2D eigenvalue weighted by molar-refractivity contribution is 9.10. The molecule has 2 aromatic carbocycles. The van der Waals surface area contributed by atoms with Crippen LogP contribution in [0.1, 0.15) is 16.7 Å². The van der Waals surface area contributed by atoms with Crippen molar-refractivity contribution in [2.45, 2.75) is 20.1 Å². The van der Waals surface area contributed by atoms with E-state index in [0.29, 0.717) is 6.61 Å². The number of benzene rings is 2. The topological polar surface area (TPSA) is 21.3 Å². The van der Waals surface area contributed by atoms with Gasteiger partial charge in [0.05, 0.1) is 0 Å². The van der Waals surface area contributed by atoms with Gasteiger partial charge in [0.15, 0.2) is 0 Å². The van der Waals surface area contributed by atoms with Crippen LogP contribution in [0.25, 0.3) is 0 Å². The van der Waals surface area contributed by atoms with E-state index in [2.05, 4.69) is 21.2 Å². The Balaban J connectivity index is 2.20. The summed E-state index contributed by atoms with van der Waals surface area (Å²) in [5, 5.41) is 3.13. The zero-order valence-electron chi connectivity index (χ0n) is 11.5. The van der Waals surface area contributed by atoms with Crippen LogP contribution >= 0.6 is 15.9 Å². The van der Waals surface area contributed by atoms with Crippen LogP contribution < -0.4 is 10.1 Å². The Morgan fingerprint density at radius 1 is 1.25 bits per heavy atom. The molecule has 0 radical (unpaired) electrons. The number of hydrogen-bond acceptors (Lipinski definition) is 2. The Morgan fingerprint density at radius 2 is 2.05 bits per heavy atom. The van der Waals surface area contributed by atoms with Gasteiger partial charge in [-0.3, -0.25) is 0 Å². The van der Waals surface area contributed by atoms with Crippen molar-refractivity contribution in [2.75, 3.05) is 7.05 Å². The van der Waals surface area contributed by atoms with Gasteiger partial charge in [-0.05, 0) is 49.4 Å². The molecule has 0 saturated heterocycles. The maximum atomic E-state index is 13.2. The minimum atomic E-state index is -0.242. The molecule has 0 fully saturated rings. The van der Waals surface area contributed by atoms with E-state index in [9.17, 15) is 4.39 Å². The minimum Gasteiger partial charge on any atom is -0.488 e. The minimum absolute atomic E-state index is 0.242. The molecule has 0 aliphatic heterocycles. The first-order valence-electron chi connectivity index (χ1n) is 6.41. The molecule has 0 bridgehead atoms. The summed E-state index contributed by atoms with van der Waals surface area (Å²) in [6.45, 7) is 3.08. The Kier molecular flexibility index (Phi) is 5.15. The molecule has 0 unspecified atom stereocenters. The molecule has 0 aliphatic carbocycles. The first-order chi connectivity index (χ1) is 9.60. The summed E-state index contributed by atoms with van der Waals surface area (Å²) < 4.78 is 20.1. The van der Waals surface area contributed by atoms with E-state index in [-0.39, 0.29) is 5.82 Å². The fourth-order valence-corrected chi connectivity index (χ4v) is 2.73. The van der Waals surface area contributed by atoms with E-state index in [0.717, 1.165) is 33.5 Å². The van der Waals surface area contributed by atoms with Crippen LogP contribution in [0.4, 0.5) is 4.39 Å². The quantitative estimate of drug-likeness (QED) is 0.882. The van der Waals surface area contributed by atoms with Crippen LogP contribution in [0.3, 0.4) is 0 Å². The largest absolute Gasteiger partial charge is 0.488 e. The molecule has 0 aromatic heterocycles. The maximum Gasteiger partial charge on any atom is 0.127 e. The van der Waals surface area contributed by atoms with Crippen molar-refractivity contribution in [3.05, 3.63) is 63.4 Å². The molecular formula is C16H17BrFNO. The molecule has 106 valence electrons. The smallest absolute Gasteiger partial charge is 0.127 e. The van der Waals surface area contributed by atoms with E-state index < -0.39 is 0 Å². The molecule has 2 aromatic rings. The van der Waals surface area contributed by atoms with Gasteiger partial charge in [-0.1, -0.05) is 28.1 Å². The van der Waals surface area contributed by atoms with Gasteiger partial charge in [0, 0.05) is 16.6 Å². The predicted octanol–water partition coefficient (Wildman–Crippen LogP) is 4.20. The number of ether oxygens (including phenoxy) is 1. The number of aryl methyl sites for hydroxylation is 1. The summed E-state index contributed by atoms with van der Waals surface area (Å²) in [6, 6.07) is 10.5. The fraction of sp³-hybridized carbons (Fsp3) is 0.250. The van der Waals surface area contributed by atoms with Crippen LogP contribution in [0, 0.1) is 12.7 Å². The highest BCUT2D eigenvalue weighted by Gasteiger charge is 2.09. The van der Waals surface area contributed by atoms with Gasteiger partial charge in [-0.25, -0.2) is 4.39 Å². The molecule has 1 N–H and O–H groups in total. The molecule has 20 heavy (non-hydrogen) atoms. The Bertz CT molecular complexity index is 601. The van der Waals surface area contributed by atoms with Crippen molar-refractivity contribution in [1.82, 2.24) is 5.32 Å². The SMILES string of the molecule is CNCc1cc(Br)cc(C)c1OCc1cccc(F)c1. The first kappa shape index (κ1) is 15.0. The van der Waals surface area contributed by atoms with Crippen molar-refractivity contribution in [3.8, 4) is 5.75 Å². The highest BCUT2D eigenvalue weighted by atomic mass is 79.9. The summed E-state index contributed by atoms with van der Waals surface area (Å²) in [4.78, 5) is 0. The van der Waals surface area contributed by atoms with Crippen LogP contribution in [-0.4, -0.2) is 7.05 Å². The van der Waals surface area contributed by atoms with Gasteiger partial charge < -0.3 is 10.1 Å². The maximum absolute atomic E-state index is 13.2. The van der Waals surface area contributed by atoms with Gasteiger partial charge in [-0.15, -0.1) is 0 Å². The van der Waals surface area contributed by atoms with Gasteiger partial charge in [0.2, 0.25) is 0 Å². The summed E-state index contributed by atoms with van der Waals surface area (Å²) in [5.41, 5.74) is 2.96. The lowest BCUT2D eigenvalue weighted by Gasteiger charge is -2.15. The average Bonchev–Trinajstić information content (AvgIpc) is 2.38. The lowest BCUT2D eigenvalue weighted by molar-refractivity contribution is 0.299. The summed E-state index contributed by atoms with van der Waals surface area (Å²) in [7, 11) is 1.90. The van der Waals surface area contributed by atoms with Crippen molar-refractivity contribution in [3.63, 3.8) is 0 Å². The lowest BCUT2D eigenvalue weighted by Crippen LogP contribution is -2.08. The van der Waals surface area contributed by atoms with E-state index in [1.165, 1.54) is 12.1 Å². The molecule has 2 nitrogen and oxygen atoms in total. The molecule has 0 saturated carbocycles. The third kappa shape index (κ3) is 3.81. The highest BCUT2D eigenvalue weighted by Crippen LogP contribution is 2.28. The molecule has 0 spiro atoms. The Hall–Kier alpha value is -1.39. The van der Waals surface area contributed by atoms with Crippen molar-refractivity contribution >= 4 is 15.9 Å². The van der Waals surface area contributed by atoms with E-state index >= 15 is 0 Å². The summed E-state index contributed by atoms with van der Waals surface area (Å²) in [5.74, 6) is 0.612. The second-order valence-corrected chi connectivity index (χ2v) is 5.58. The standard InChI is InChI=1S/C16H17BrFNO/c1-11-6-14(17)8-13(9-19-2)16(11)20-10-12-4-3-5-15(18)7-12/h3-8,19H,9-10H2,1-2H3. The van der Waals surface area contributed by atoms with Gasteiger partial charge >= 0.3 is 0 Å². The monoisotopic (exact) mass is 337 g/mol. The number of hydrogen-bond donors (Lipinski definition) is 1. The van der Waals surface area contributed by atoms with Crippen LogP contribution in [0.15, 0.2) is 40.9 Å². The van der Waals surface area contributed by atoms with E-state index in [1.54, 1.807) is 6.07 Å². The van der Waals surface area contributed by atoms with Crippen LogP contribution in [-0.2, 0) is 13.2 Å². The molecule has 0 heterocycles. The number of rotatable bonds is 5. The molecule has 0 aliphatic rings. The van der Waals surface area contributed by atoms with Crippen LogP contribution in [0.5, 0.6) is 5.75 Å². The van der Waals surface area contributed by atoms with Crippen molar-refractivity contribution < 1.29 is 9.13 Å². The van der Waals surface area contributed by atoms with E-state index in [1.807, 2.05) is 32.2 Å². The molecule has 4 heteroatoms. The first-order valence-corrected chi connectivity index (χ1v) is 7.20. The van der Waals surface area contributed by atoms with Crippen LogP contribution in [0.2, 0.25) is 0 Å². The lowest BCUT2D eigenvalue weighted by atomic mass is 10.1. The van der Waals surface area contributed by atoms with Gasteiger partial charge in [-0.2, -0.15) is 0 Å². The summed E-state index contributed by atoms with van der Waals surface area (Å²) >= 11 is 3.49. The second kappa shape index (κ2) is 6.86. The Morgan fingerprint density at radius 3 is 2.75 bits per heavy atom. The van der Waals surface area contributed by atoms with Gasteiger partial charge in [0.25, 0.3) is 0 Å². The zero-order valence-corrected chi connectivity index (χ0v) is 13.1. The Labute approximate surface area is 127 Å². The molecule has 0 amide bonds. The van der Waals surface area contributed by atoms with Crippen molar-refractivity contribution in [1.29, 1.82) is 0 Å². The molecular weight excluding hydrogens is 321 g/mol. The second-order valence-electron chi connectivity index (χ2n) is 4.66. The molecule has 2 rings (SSSR count). The van der Waals surface area contributed by atoms with Crippen molar-refractivity contribution in [2.24, 2.45) is 0 Å². The molecule has 0 atom stereocenters.